The summed E-state index contributed by atoms with van der Waals surface area (Å²) in [5, 5.41) is 0. The van der Waals surface area contributed by atoms with Crippen LogP contribution in [-0.2, 0) is 0 Å². The first kappa shape index (κ1) is 10.2. The fourth-order valence-electron chi connectivity index (χ4n) is 1.63. The van der Waals surface area contributed by atoms with E-state index in [1.54, 1.807) is 0 Å². The largest absolute Gasteiger partial charge is 0.329 e. The van der Waals surface area contributed by atoms with Crippen molar-refractivity contribution in [1.82, 2.24) is 0 Å². The summed E-state index contributed by atoms with van der Waals surface area (Å²) in [7, 11) is 0. The molecule has 80 valence electrons. The minimum Gasteiger partial charge on any atom is -0.329 e. The standard InChI is InChI=1S/C11H11F2NO/c12-7-1-2-8(9(13)5-7)10(15)11(6-14)3-4-11/h1-2,5H,3-4,6,14H2. The van der Waals surface area contributed by atoms with Crippen LogP contribution < -0.4 is 5.73 Å². The van der Waals surface area contributed by atoms with Crippen molar-refractivity contribution in [3.63, 3.8) is 0 Å². The van der Waals surface area contributed by atoms with Crippen LogP contribution in [0, 0.1) is 17.0 Å². The Morgan fingerprint density at radius 2 is 2.07 bits per heavy atom. The SMILES string of the molecule is NCC1(C(=O)c2ccc(F)cc2F)CC1. The molecule has 4 heteroatoms. The lowest BCUT2D eigenvalue weighted by molar-refractivity contribution is 0.0901. The van der Waals surface area contributed by atoms with Crippen LogP contribution in [0.2, 0.25) is 0 Å². The van der Waals surface area contributed by atoms with Crippen molar-refractivity contribution in [2.45, 2.75) is 12.8 Å². The van der Waals surface area contributed by atoms with Crippen LogP contribution in [0.1, 0.15) is 23.2 Å². The maximum atomic E-state index is 13.3. The second-order valence-electron chi connectivity index (χ2n) is 3.94. The Labute approximate surface area is 86.1 Å². The number of Topliss-reactive ketones (excluding diaryl/α,β-unsaturated/α-hetero) is 1. The van der Waals surface area contributed by atoms with Gasteiger partial charge < -0.3 is 5.73 Å². The minimum atomic E-state index is -0.806. The Bertz CT molecular complexity index is 413. The first-order valence-electron chi connectivity index (χ1n) is 4.79. The van der Waals surface area contributed by atoms with Crippen LogP contribution in [0.3, 0.4) is 0 Å². The smallest absolute Gasteiger partial charge is 0.173 e. The summed E-state index contributed by atoms with van der Waals surface area (Å²) in [5.41, 5.74) is 4.83. The van der Waals surface area contributed by atoms with Crippen LogP contribution in [-0.4, -0.2) is 12.3 Å². The van der Waals surface area contributed by atoms with Gasteiger partial charge in [-0.2, -0.15) is 0 Å². The van der Waals surface area contributed by atoms with Gasteiger partial charge in [0, 0.05) is 18.0 Å². The van der Waals surface area contributed by atoms with Gasteiger partial charge in [-0.3, -0.25) is 4.79 Å². The molecular weight excluding hydrogens is 200 g/mol. The molecule has 2 nitrogen and oxygen atoms in total. The average Bonchev–Trinajstić information content (AvgIpc) is 2.97. The highest BCUT2D eigenvalue weighted by Gasteiger charge is 2.49. The predicted octanol–water partition coefficient (Wildman–Crippen LogP) is 1.89. The first-order valence-corrected chi connectivity index (χ1v) is 4.79. The molecule has 1 saturated carbocycles. The van der Waals surface area contributed by atoms with Gasteiger partial charge in [0.25, 0.3) is 0 Å². The maximum Gasteiger partial charge on any atom is 0.173 e. The molecule has 0 aromatic heterocycles. The highest BCUT2D eigenvalue weighted by Crippen LogP contribution is 2.47. The number of halogens is 2. The first-order chi connectivity index (χ1) is 7.09. The van der Waals surface area contributed by atoms with Gasteiger partial charge in [-0.05, 0) is 25.0 Å². The quantitative estimate of drug-likeness (QED) is 0.776. The molecule has 1 aliphatic rings. The third-order valence-electron chi connectivity index (χ3n) is 2.90. The molecule has 1 aliphatic carbocycles. The summed E-state index contributed by atoms with van der Waals surface area (Å²) in [6.07, 6.45) is 1.39. The van der Waals surface area contributed by atoms with Crippen molar-refractivity contribution in [2.24, 2.45) is 11.1 Å². The van der Waals surface area contributed by atoms with Gasteiger partial charge in [-0.25, -0.2) is 8.78 Å². The molecule has 0 spiro atoms. The van der Waals surface area contributed by atoms with E-state index in [1.165, 1.54) is 6.07 Å². The van der Waals surface area contributed by atoms with Crippen LogP contribution in [0.15, 0.2) is 18.2 Å². The lowest BCUT2D eigenvalue weighted by Gasteiger charge is -2.11. The molecule has 1 aromatic carbocycles. The summed E-state index contributed by atoms with van der Waals surface area (Å²) in [6.45, 7) is 0.225. The molecule has 2 rings (SSSR count). The summed E-state index contributed by atoms with van der Waals surface area (Å²) >= 11 is 0. The summed E-state index contributed by atoms with van der Waals surface area (Å²) < 4.78 is 25.9. The van der Waals surface area contributed by atoms with Gasteiger partial charge in [0.2, 0.25) is 0 Å². The van der Waals surface area contributed by atoms with E-state index >= 15 is 0 Å². The molecule has 0 amide bonds. The fourth-order valence-corrected chi connectivity index (χ4v) is 1.63. The molecule has 0 aliphatic heterocycles. The van der Waals surface area contributed by atoms with Gasteiger partial charge in [0.05, 0.1) is 5.56 Å². The van der Waals surface area contributed by atoms with E-state index in [4.69, 9.17) is 5.73 Å². The number of carbonyl (C=O) groups is 1. The molecule has 15 heavy (non-hydrogen) atoms. The van der Waals surface area contributed by atoms with Gasteiger partial charge >= 0.3 is 0 Å². The van der Waals surface area contributed by atoms with E-state index in [-0.39, 0.29) is 17.9 Å². The number of rotatable bonds is 3. The lowest BCUT2D eigenvalue weighted by Crippen LogP contribution is -2.26. The lowest BCUT2D eigenvalue weighted by atomic mass is 9.94. The number of ketones is 1. The van der Waals surface area contributed by atoms with Gasteiger partial charge in [0.15, 0.2) is 5.78 Å². The van der Waals surface area contributed by atoms with Gasteiger partial charge in [-0.15, -0.1) is 0 Å². The molecule has 2 N–H and O–H groups in total. The van der Waals surface area contributed by atoms with Crippen molar-refractivity contribution < 1.29 is 13.6 Å². The zero-order chi connectivity index (χ0) is 11.1. The molecule has 1 fully saturated rings. The highest BCUT2D eigenvalue weighted by atomic mass is 19.1. The van der Waals surface area contributed by atoms with Crippen molar-refractivity contribution in [2.75, 3.05) is 6.54 Å². The predicted molar refractivity (Wildman–Crippen MR) is 51.4 cm³/mol. The minimum absolute atomic E-state index is 0.0562. The van der Waals surface area contributed by atoms with E-state index < -0.39 is 17.0 Å². The zero-order valence-electron chi connectivity index (χ0n) is 8.09. The van der Waals surface area contributed by atoms with Crippen molar-refractivity contribution in [3.05, 3.63) is 35.4 Å². The van der Waals surface area contributed by atoms with E-state index in [2.05, 4.69) is 0 Å². The normalized spacial score (nSPS) is 17.5. The van der Waals surface area contributed by atoms with E-state index in [9.17, 15) is 13.6 Å². The zero-order valence-corrected chi connectivity index (χ0v) is 8.09. The Morgan fingerprint density at radius 1 is 1.40 bits per heavy atom. The Hall–Kier alpha value is -1.29. The maximum absolute atomic E-state index is 13.3. The number of nitrogens with two attached hydrogens (primary N) is 1. The molecule has 0 atom stereocenters. The summed E-state index contributed by atoms with van der Waals surface area (Å²) in [6, 6.07) is 2.99. The number of carbonyl (C=O) groups excluding carboxylic acids is 1. The van der Waals surface area contributed by atoms with E-state index in [0.29, 0.717) is 12.8 Å². The monoisotopic (exact) mass is 211 g/mol. The Morgan fingerprint density at radius 3 is 2.53 bits per heavy atom. The highest BCUT2D eigenvalue weighted by molar-refractivity contribution is 6.02. The summed E-state index contributed by atoms with van der Waals surface area (Å²) in [4.78, 5) is 11.8. The number of benzene rings is 1. The molecule has 0 heterocycles. The molecule has 1 aromatic rings. The second-order valence-corrected chi connectivity index (χ2v) is 3.94. The van der Waals surface area contributed by atoms with E-state index in [0.717, 1.165) is 12.1 Å². The molecule has 0 bridgehead atoms. The van der Waals surface area contributed by atoms with Crippen molar-refractivity contribution >= 4 is 5.78 Å². The van der Waals surface area contributed by atoms with Crippen LogP contribution in [0.5, 0.6) is 0 Å². The Kier molecular flexibility index (Phi) is 2.31. The molecule has 0 radical (unpaired) electrons. The average molecular weight is 211 g/mol. The number of hydrogen-bond acceptors (Lipinski definition) is 2. The molecule has 0 saturated heterocycles. The topological polar surface area (TPSA) is 43.1 Å². The Balaban J connectivity index is 2.34. The third-order valence-corrected chi connectivity index (χ3v) is 2.90. The summed E-state index contributed by atoms with van der Waals surface area (Å²) in [5.74, 6) is -1.79. The van der Waals surface area contributed by atoms with Crippen molar-refractivity contribution in [3.8, 4) is 0 Å². The van der Waals surface area contributed by atoms with Gasteiger partial charge in [-0.1, -0.05) is 0 Å². The van der Waals surface area contributed by atoms with Crippen LogP contribution in [0.4, 0.5) is 8.78 Å². The third kappa shape index (κ3) is 1.65. The van der Waals surface area contributed by atoms with Crippen LogP contribution >= 0.6 is 0 Å². The number of hydrogen-bond donors (Lipinski definition) is 1. The molecule has 0 unspecified atom stereocenters. The van der Waals surface area contributed by atoms with E-state index in [1.807, 2.05) is 0 Å². The van der Waals surface area contributed by atoms with Gasteiger partial charge in [0.1, 0.15) is 11.6 Å². The fraction of sp³-hybridized carbons (Fsp3) is 0.364. The second kappa shape index (κ2) is 3.38. The molecular formula is C11H11F2NO. The van der Waals surface area contributed by atoms with Crippen molar-refractivity contribution in [1.29, 1.82) is 0 Å². The van der Waals surface area contributed by atoms with Crippen LogP contribution in [0.25, 0.3) is 0 Å².